The summed E-state index contributed by atoms with van der Waals surface area (Å²) in [5.41, 5.74) is 1.32. The molecule has 4 heteroatoms. The van der Waals surface area contributed by atoms with E-state index in [9.17, 15) is 9.59 Å². The third-order valence-electron chi connectivity index (χ3n) is 4.97. The fourth-order valence-electron chi connectivity index (χ4n) is 4.18. The van der Waals surface area contributed by atoms with E-state index in [0.717, 1.165) is 0 Å². The van der Waals surface area contributed by atoms with Crippen molar-refractivity contribution in [2.75, 3.05) is 14.2 Å². The molecule has 4 nitrogen and oxygen atoms in total. The molecule has 0 aromatic carbocycles. The Hall–Kier alpha value is -1.58. The van der Waals surface area contributed by atoms with Crippen LogP contribution in [-0.2, 0) is 19.1 Å². The molecule has 0 amide bonds. The van der Waals surface area contributed by atoms with E-state index in [1.807, 2.05) is 0 Å². The van der Waals surface area contributed by atoms with Crippen LogP contribution in [0.15, 0.2) is 23.8 Å². The van der Waals surface area contributed by atoms with E-state index in [1.165, 1.54) is 19.8 Å². The largest absolute Gasteiger partial charge is 0.469 e. The summed E-state index contributed by atoms with van der Waals surface area (Å²) >= 11 is 0. The Labute approximate surface area is 112 Å². The number of hydrogen-bond acceptors (Lipinski definition) is 4. The molecule has 4 rings (SSSR count). The quantitative estimate of drug-likeness (QED) is 0.560. The number of rotatable bonds is 2. The Morgan fingerprint density at radius 1 is 0.947 bits per heavy atom. The zero-order chi connectivity index (χ0) is 13.7. The topological polar surface area (TPSA) is 52.6 Å². The second-order valence-electron chi connectivity index (χ2n) is 5.65. The number of ether oxygens (including phenoxy) is 2. The van der Waals surface area contributed by atoms with Crippen molar-refractivity contribution in [1.29, 1.82) is 0 Å². The fraction of sp³-hybridized carbons (Fsp3) is 0.600. The van der Waals surface area contributed by atoms with Crippen LogP contribution in [-0.4, -0.2) is 26.2 Å². The van der Waals surface area contributed by atoms with Crippen LogP contribution in [0.5, 0.6) is 0 Å². The monoisotopic (exact) mass is 262 g/mol. The predicted molar refractivity (Wildman–Crippen MR) is 67.9 cm³/mol. The molecule has 102 valence electrons. The Bertz CT molecular complexity index is 490. The third kappa shape index (κ3) is 1.52. The minimum Gasteiger partial charge on any atom is -0.469 e. The van der Waals surface area contributed by atoms with Gasteiger partial charge in [0.25, 0.3) is 0 Å². The molecule has 6 atom stereocenters. The lowest BCUT2D eigenvalue weighted by atomic mass is 9.47. The average molecular weight is 262 g/mol. The van der Waals surface area contributed by atoms with Gasteiger partial charge in [0.2, 0.25) is 0 Å². The summed E-state index contributed by atoms with van der Waals surface area (Å²) in [4.78, 5) is 24.1. The van der Waals surface area contributed by atoms with Crippen molar-refractivity contribution < 1.29 is 19.1 Å². The molecular formula is C15H18O4. The van der Waals surface area contributed by atoms with E-state index >= 15 is 0 Å². The first kappa shape index (κ1) is 12.5. The van der Waals surface area contributed by atoms with E-state index < -0.39 is 11.8 Å². The zero-order valence-electron chi connectivity index (χ0n) is 11.3. The van der Waals surface area contributed by atoms with Crippen LogP contribution < -0.4 is 0 Å². The summed E-state index contributed by atoms with van der Waals surface area (Å²) in [7, 11) is 2.76. The molecule has 4 aliphatic rings. The van der Waals surface area contributed by atoms with Gasteiger partial charge in [0.1, 0.15) is 0 Å². The van der Waals surface area contributed by atoms with Crippen molar-refractivity contribution in [3.8, 4) is 0 Å². The van der Waals surface area contributed by atoms with Gasteiger partial charge in [0.05, 0.1) is 26.1 Å². The highest BCUT2D eigenvalue weighted by atomic mass is 16.5. The summed E-state index contributed by atoms with van der Waals surface area (Å²) in [6.45, 7) is 2.09. The molecule has 0 saturated heterocycles. The lowest BCUT2D eigenvalue weighted by Gasteiger charge is -2.55. The molecule has 1 saturated carbocycles. The average Bonchev–Trinajstić information content (AvgIpc) is 2.42. The van der Waals surface area contributed by atoms with Crippen molar-refractivity contribution >= 4 is 11.9 Å². The van der Waals surface area contributed by atoms with Gasteiger partial charge in [-0.15, -0.1) is 0 Å². The Morgan fingerprint density at radius 2 is 1.47 bits per heavy atom. The molecule has 0 unspecified atom stereocenters. The van der Waals surface area contributed by atoms with Crippen LogP contribution in [0, 0.1) is 35.5 Å². The van der Waals surface area contributed by atoms with Crippen LogP contribution in [0.25, 0.3) is 0 Å². The van der Waals surface area contributed by atoms with E-state index in [0.29, 0.717) is 11.8 Å². The molecule has 1 fully saturated rings. The van der Waals surface area contributed by atoms with Gasteiger partial charge in [0, 0.05) is 0 Å². The van der Waals surface area contributed by atoms with Crippen LogP contribution >= 0.6 is 0 Å². The maximum absolute atomic E-state index is 12.1. The number of carbonyl (C=O) groups excluding carboxylic acids is 2. The van der Waals surface area contributed by atoms with Gasteiger partial charge in [-0.2, -0.15) is 0 Å². The van der Waals surface area contributed by atoms with E-state index in [2.05, 4.69) is 25.2 Å². The number of fused-ring (bicyclic) bond motifs is 1. The van der Waals surface area contributed by atoms with Crippen molar-refractivity contribution in [3.05, 3.63) is 23.8 Å². The molecule has 19 heavy (non-hydrogen) atoms. The van der Waals surface area contributed by atoms with Gasteiger partial charge in [-0.25, -0.2) is 0 Å². The smallest absolute Gasteiger partial charge is 0.310 e. The second-order valence-corrected chi connectivity index (χ2v) is 5.65. The summed E-state index contributed by atoms with van der Waals surface area (Å²) in [5, 5.41) is 0. The third-order valence-corrected chi connectivity index (χ3v) is 4.97. The van der Waals surface area contributed by atoms with E-state index in [-0.39, 0.29) is 23.8 Å². The SMILES string of the molecule is COC(=O)[C@@H]1[C@H]2C=C[C@@H]([C@@H]3C=C(C)[C@@H]32)[C@@H]1C(=O)OC. The lowest BCUT2D eigenvalue weighted by molar-refractivity contribution is -0.168. The lowest BCUT2D eigenvalue weighted by Crippen LogP contribution is -2.56. The summed E-state index contributed by atoms with van der Waals surface area (Å²) in [6, 6.07) is 0. The number of esters is 2. The molecule has 0 aromatic rings. The van der Waals surface area contributed by atoms with E-state index in [4.69, 9.17) is 9.47 Å². The molecule has 0 radical (unpaired) electrons. The fourth-order valence-corrected chi connectivity index (χ4v) is 4.18. The molecule has 4 aliphatic carbocycles. The first-order valence-electron chi connectivity index (χ1n) is 6.62. The molecule has 2 bridgehead atoms. The molecule has 0 aliphatic heterocycles. The highest BCUT2D eigenvalue weighted by Crippen LogP contribution is 2.59. The van der Waals surface area contributed by atoms with Crippen LogP contribution in [0.1, 0.15) is 6.92 Å². The molecule has 0 N–H and O–H groups in total. The maximum atomic E-state index is 12.1. The highest BCUT2D eigenvalue weighted by Gasteiger charge is 2.59. The van der Waals surface area contributed by atoms with E-state index in [1.54, 1.807) is 0 Å². The number of hydrogen-bond donors (Lipinski definition) is 0. The molecule has 0 aromatic heterocycles. The van der Waals surface area contributed by atoms with Gasteiger partial charge in [-0.3, -0.25) is 9.59 Å². The normalized spacial score (nSPS) is 41.9. The first-order valence-corrected chi connectivity index (χ1v) is 6.62. The summed E-state index contributed by atoms with van der Waals surface area (Å²) in [6.07, 6.45) is 6.38. The molecular weight excluding hydrogens is 244 g/mol. The Morgan fingerprint density at radius 3 is 2.00 bits per heavy atom. The van der Waals surface area contributed by atoms with Crippen LogP contribution in [0.3, 0.4) is 0 Å². The number of methoxy groups -OCH3 is 2. The van der Waals surface area contributed by atoms with Gasteiger partial charge >= 0.3 is 11.9 Å². The predicted octanol–water partition coefficient (Wildman–Crippen LogP) is 1.57. The molecule has 0 heterocycles. The number of allylic oxidation sites excluding steroid dienone is 4. The second kappa shape index (κ2) is 4.22. The van der Waals surface area contributed by atoms with Crippen molar-refractivity contribution in [1.82, 2.24) is 0 Å². The highest BCUT2D eigenvalue weighted by molar-refractivity contribution is 5.84. The summed E-state index contributed by atoms with van der Waals surface area (Å²) < 4.78 is 9.81. The molecule has 0 spiro atoms. The zero-order valence-corrected chi connectivity index (χ0v) is 11.3. The van der Waals surface area contributed by atoms with Gasteiger partial charge in [0.15, 0.2) is 0 Å². The Kier molecular flexibility index (Phi) is 2.77. The summed E-state index contributed by atoms with van der Waals surface area (Å²) in [5.74, 6) is -0.513. The van der Waals surface area contributed by atoms with Crippen molar-refractivity contribution in [2.45, 2.75) is 6.92 Å². The maximum Gasteiger partial charge on any atom is 0.310 e. The standard InChI is InChI=1S/C15H18O4/c1-7-6-10-8-4-5-9(11(7)10)13(15(17)19-3)12(8)14(16)18-2/h4-6,8-13H,1-3H3/t8-,9-,10-,11+,12-,13+/m0/s1. The number of carbonyl (C=O) groups is 2. The first-order chi connectivity index (χ1) is 9.10. The van der Waals surface area contributed by atoms with Crippen molar-refractivity contribution in [2.24, 2.45) is 35.5 Å². The minimum absolute atomic E-state index is 0.0650. The van der Waals surface area contributed by atoms with Gasteiger partial charge in [-0.1, -0.05) is 23.8 Å². The van der Waals surface area contributed by atoms with Crippen molar-refractivity contribution in [3.63, 3.8) is 0 Å². The van der Waals surface area contributed by atoms with Gasteiger partial charge < -0.3 is 9.47 Å². The van der Waals surface area contributed by atoms with Gasteiger partial charge in [-0.05, 0) is 30.6 Å². The van der Waals surface area contributed by atoms with Crippen LogP contribution in [0.4, 0.5) is 0 Å². The van der Waals surface area contributed by atoms with Crippen LogP contribution in [0.2, 0.25) is 0 Å². The Balaban J connectivity index is 2.01. The minimum atomic E-state index is -0.405.